The minimum absolute atomic E-state index is 0.0229. The number of hydrogen-bond acceptors (Lipinski definition) is 2. The predicted octanol–water partition coefficient (Wildman–Crippen LogP) is 3.67. The van der Waals surface area contributed by atoms with E-state index in [9.17, 15) is 9.18 Å². The topological polar surface area (TPSA) is 26.3 Å². The van der Waals surface area contributed by atoms with Crippen molar-refractivity contribution < 1.29 is 13.9 Å². The van der Waals surface area contributed by atoms with Crippen molar-refractivity contribution in [3.63, 3.8) is 0 Å². The van der Waals surface area contributed by atoms with Crippen LogP contribution in [0.4, 0.5) is 4.39 Å². The van der Waals surface area contributed by atoms with Crippen molar-refractivity contribution in [3.8, 4) is 5.75 Å². The number of hydrogen-bond donors (Lipinski definition) is 0. The molecule has 5 heteroatoms. The Morgan fingerprint density at radius 1 is 1.67 bits per heavy atom. The highest BCUT2D eigenvalue weighted by molar-refractivity contribution is 9.09. The largest absolute Gasteiger partial charge is 0.461 e. The van der Waals surface area contributed by atoms with Crippen LogP contribution in [-0.2, 0) is 4.79 Å². The highest BCUT2D eigenvalue weighted by atomic mass is 79.9. The molecule has 0 aliphatic carbocycles. The van der Waals surface area contributed by atoms with Gasteiger partial charge in [0.1, 0.15) is 11.5 Å². The first-order valence-corrected chi connectivity index (χ1v) is 5.48. The van der Waals surface area contributed by atoms with Crippen LogP contribution in [0.3, 0.4) is 0 Å². The number of halogens is 3. The Morgan fingerprint density at radius 3 is 2.80 bits per heavy atom. The van der Waals surface area contributed by atoms with Crippen LogP contribution in [0.1, 0.15) is 17.3 Å². The third-order valence-electron chi connectivity index (χ3n) is 1.82. The lowest BCUT2D eigenvalue weighted by molar-refractivity contribution is -0.116. The molecule has 0 bridgehead atoms. The molecule has 0 saturated carbocycles. The van der Waals surface area contributed by atoms with Crippen LogP contribution in [0.25, 0.3) is 0 Å². The average molecular weight is 296 g/mol. The van der Waals surface area contributed by atoms with E-state index in [1.807, 2.05) is 0 Å². The number of ether oxygens (including phenoxy) is 1. The van der Waals surface area contributed by atoms with Gasteiger partial charge in [0.25, 0.3) is 0 Å². The molecule has 2 nitrogen and oxygen atoms in total. The molecule has 0 aromatic heterocycles. The van der Waals surface area contributed by atoms with Crippen LogP contribution in [0, 0.1) is 0 Å². The summed E-state index contributed by atoms with van der Waals surface area (Å²) >= 11 is 9.06. The molecule has 0 aliphatic rings. The first-order valence-electron chi connectivity index (χ1n) is 4.19. The number of rotatable bonds is 4. The van der Waals surface area contributed by atoms with Crippen molar-refractivity contribution in [1.82, 2.24) is 0 Å². The minimum Gasteiger partial charge on any atom is -0.461 e. The van der Waals surface area contributed by atoms with Crippen molar-refractivity contribution in [2.45, 2.75) is 11.8 Å². The number of Topliss-reactive ketones (excluding diaryl/α,β-unsaturated/α-hetero) is 1. The normalized spacial score (nSPS) is 12.3. The molecule has 1 unspecified atom stereocenters. The lowest BCUT2D eigenvalue weighted by Crippen LogP contribution is -2.01. The summed E-state index contributed by atoms with van der Waals surface area (Å²) in [5, 5.41) is 0.288. The molecule has 1 aromatic rings. The molecule has 0 amide bonds. The van der Waals surface area contributed by atoms with Crippen LogP contribution in [0.15, 0.2) is 18.2 Å². The van der Waals surface area contributed by atoms with E-state index in [2.05, 4.69) is 20.7 Å². The maximum atomic E-state index is 11.9. The number of ketones is 1. The molecular weight excluding hydrogens is 286 g/mol. The molecule has 1 atom stereocenters. The summed E-state index contributed by atoms with van der Waals surface area (Å²) in [6, 6.07) is 4.78. The minimum atomic E-state index is -0.927. The standard InChI is InChI=1S/C10H9BrClFO2/c1-6(14)10(11)7-2-3-9(15-5-13)8(12)4-7/h2-4,10H,5H2,1H3. The highest BCUT2D eigenvalue weighted by Crippen LogP contribution is 2.31. The molecule has 0 N–H and O–H groups in total. The second-order valence-corrected chi connectivity index (χ2v) is 4.24. The van der Waals surface area contributed by atoms with Gasteiger partial charge in [0.15, 0.2) is 0 Å². The molecule has 0 fully saturated rings. The van der Waals surface area contributed by atoms with Crippen molar-refractivity contribution in [1.29, 1.82) is 0 Å². The summed E-state index contributed by atoms with van der Waals surface area (Å²) in [6.07, 6.45) is 0. The quantitative estimate of drug-likeness (QED) is 0.792. The van der Waals surface area contributed by atoms with E-state index in [4.69, 9.17) is 11.6 Å². The number of carbonyl (C=O) groups excluding carboxylic acids is 1. The Kier molecular flexibility index (Phi) is 4.54. The first kappa shape index (κ1) is 12.5. The third kappa shape index (κ3) is 3.18. The maximum Gasteiger partial charge on any atom is 0.228 e. The van der Waals surface area contributed by atoms with Crippen LogP contribution < -0.4 is 4.74 Å². The van der Waals surface area contributed by atoms with E-state index in [1.165, 1.54) is 13.0 Å². The molecule has 0 spiro atoms. The molecule has 0 heterocycles. The molecule has 82 valence electrons. The molecule has 0 saturated heterocycles. The van der Waals surface area contributed by atoms with Gasteiger partial charge in [0.05, 0.1) is 9.85 Å². The summed E-state index contributed by atoms with van der Waals surface area (Å²) in [4.78, 5) is 10.7. The van der Waals surface area contributed by atoms with Gasteiger partial charge in [-0.05, 0) is 24.6 Å². The van der Waals surface area contributed by atoms with Gasteiger partial charge in [-0.3, -0.25) is 4.79 Å². The Hall–Kier alpha value is -0.610. The van der Waals surface area contributed by atoms with E-state index >= 15 is 0 Å². The summed E-state index contributed by atoms with van der Waals surface area (Å²) < 4.78 is 16.5. The zero-order valence-corrected chi connectivity index (χ0v) is 10.3. The molecule has 1 aromatic carbocycles. The highest BCUT2D eigenvalue weighted by Gasteiger charge is 2.14. The SMILES string of the molecule is CC(=O)C(Br)c1ccc(OCF)c(Cl)c1. The van der Waals surface area contributed by atoms with Crippen molar-refractivity contribution in [2.24, 2.45) is 0 Å². The van der Waals surface area contributed by atoms with Crippen LogP contribution in [0.5, 0.6) is 5.75 Å². The van der Waals surface area contributed by atoms with Gasteiger partial charge >= 0.3 is 0 Å². The van der Waals surface area contributed by atoms with Gasteiger partial charge in [0.2, 0.25) is 6.86 Å². The summed E-state index contributed by atoms with van der Waals surface area (Å²) in [6.45, 7) is 0.544. The van der Waals surface area contributed by atoms with Crippen molar-refractivity contribution in [3.05, 3.63) is 28.8 Å². The number of carbonyl (C=O) groups is 1. The Bertz CT molecular complexity index is 370. The third-order valence-corrected chi connectivity index (χ3v) is 3.28. The Morgan fingerprint density at radius 2 is 2.33 bits per heavy atom. The van der Waals surface area contributed by atoms with Crippen LogP contribution in [-0.4, -0.2) is 12.6 Å². The predicted molar refractivity (Wildman–Crippen MR) is 60.4 cm³/mol. The number of alkyl halides is 2. The van der Waals surface area contributed by atoms with E-state index in [1.54, 1.807) is 12.1 Å². The summed E-state index contributed by atoms with van der Waals surface area (Å²) in [7, 11) is 0. The fourth-order valence-electron chi connectivity index (χ4n) is 1.09. The smallest absolute Gasteiger partial charge is 0.228 e. The second-order valence-electron chi connectivity index (χ2n) is 2.92. The summed E-state index contributed by atoms with van der Waals surface area (Å²) in [5.74, 6) is 0.247. The van der Waals surface area contributed by atoms with E-state index in [-0.39, 0.29) is 16.6 Å². The average Bonchev–Trinajstić information content (AvgIpc) is 2.20. The van der Waals surface area contributed by atoms with Gasteiger partial charge in [-0.15, -0.1) is 0 Å². The maximum absolute atomic E-state index is 11.9. The second kappa shape index (κ2) is 5.47. The van der Waals surface area contributed by atoms with Gasteiger partial charge < -0.3 is 4.74 Å². The monoisotopic (exact) mass is 294 g/mol. The molecule has 15 heavy (non-hydrogen) atoms. The Labute approximate surface area is 101 Å². The fourth-order valence-corrected chi connectivity index (χ4v) is 1.61. The van der Waals surface area contributed by atoms with Crippen molar-refractivity contribution >= 4 is 33.3 Å². The molecule has 0 radical (unpaired) electrons. The van der Waals surface area contributed by atoms with Crippen molar-refractivity contribution in [2.75, 3.05) is 6.86 Å². The zero-order valence-electron chi connectivity index (χ0n) is 7.97. The zero-order chi connectivity index (χ0) is 11.4. The first-order chi connectivity index (χ1) is 7.06. The lowest BCUT2D eigenvalue weighted by Gasteiger charge is -2.09. The molecular formula is C10H9BrClFO2. The van der Waals surface area contributed by atoms with Crippen LogP contribution >= 0.6 is 27.5 Å². The van der Waals surface area contributed by atoms with Gasteiger partial charge in [0, 0.05) is 0 Å². The van der Waals surface area contributed by atoms with Gasteiger partial charge in [-0.25, -0.2) is 4.39 Å². The molecule has 0 aliphatic heterocycles. The van der Waals surface area contributed by atoms with Crippen LogP contribution in [0.2, 0.25) is 5.02 Å². The summed E-state index contributed by atoms with van der Waals surface area (Å²) in [5.41, 5.74) is 0.721. The Balaban J connectivity index is 2.95. The lowest BCUT2D eigenvalue weighted by atomic mass is 10.1. The number of benzene rings is 1. The van der Waals surface area contributed by atoms with Gasteiger partial charge in [-0.1, -0.05) is 33.6 Å². The van der Waals surface area contributed by atoms with E-state index in [0.29, 0.717) is 0 Å². The van der Waals surface area contributed by atoms with Gasteiger partial charge in [-0.2, -0.15) is 0 Å². The molecule has 1 rings (SSSR count). The fraction of sp³-hybridized carbons (Fsp3) is 0.300. The van der Waals surface area contributed by atoms with E-state index < -0.39 is 11.7 Å². The van der Waals surface area contributed by atoms with E-state index in [0.717, 1.165) is 5.56 Å².